The van der Waals surface area contributed by atoms with Gasteiger partial charge in [-0.15, -0.1) is 0 Å². The molecule has 0 aromatic rings. The van der Waals surface area contributed by atoms with E-state index in [1.165, 1.54) is 0 Å². The molecule has 0 atom stereocenters. The van der Waals surface area contributed by atoms with Gasteiger partial charge in [0, 0.05) is 0 Å². The first-order valence-corrected chi connectivity index (χ1v) is 3.98. The summed E-state index contributed by atoms with van der Waals surface area (Å²) in [6.45, 7) is 2.10. The van der Waals surface area contributed by atoms with Crippen molar-refractivity contribution >= 4 is 5.97 Å². The Hall–Kier alpha value is 0.210. The van der Waals surface area contributed by atoms with Gasteiger partial charge in [0.15, 0.2) is 0 Å². The summed E-state index contributed by atoms with van der Waals surface area (Å²) >= 11 is 1.78. The zero-order chi connectivity index (χ0) is 7.11. The van der Waals surface area contributed by atoms with Crippen LogP contribution in [-0.4, -0.2) is 5.97 Å². The molecule has 0 aliphatic heterocycles. The number of unbranched alkanes of at least 4 members (excludes halogenated alkanes) is 2. The summed E-state index contributed by atoms with van der Waals surface area (Å²) in [6, 6.07) is 0. The maximum atomic E-state index is 10.5. The average molecular weight is 312 g/mol. The number of carbonyl (C=O) groups excluding carboxylic acids is 1. The molecule has 0 spiro atoms. The Kier molecular flexibility index (Phi) is 6.48. The molecule has 0 heterocycles. The van der Waals surface area contributed by atoms with E-state index in [4.69, 9.17) is 0 Å². The van der Waals surface area contributed by atoms with E-state index in [0.29, 0.717) is 6.42 Å². The van der Waals surface area contributed by atoms with Crippen LogP contribution in [0.4, 0.5) is 0 Å². The molecular formula is C6H11AuO2. The van der Waals surface area contributed by atoms with Crippen LogP contribution in [0.5, 0.6) is 0 Å². The SMILES string of the molecule is CCCCCC(=O)[O][Au]. The van der Waals surface area contributed by atoms with Gasteiger partial charge in [-0.05, 0) is 0 Å². The van der Waals surface area contributed by atoms with Gasteiger partial charge in [0.2, 0.25) is 0 Å². The van der Waals surface area contributed by atoms with E-state index in [0.717, 1.165) is 19.3 Å². The predicted octanol–water partition coefficient (Wildman–Crippen LogP) is 1.57. The maximum absolute atomic E-state index is 10.5. The van der Waals surface area contributed by atoms with Crippen molar-refractivity contribution in [2.75, 3.05) is 0 Å². The summed E-state index contributed by atoms with van der Waals surface area (Å²) in [5.74, 6) is -0.119. The molecule has 0 fully saturated rings. The first-order chi connectivity index (χ1) is 4.31. The van der Waals surface area contributed by atoms with E-state index in [1.54, 1.807) is 21.5 Å². The Bertz CT molecular complexity index is 83.1. The molecule has 0 aliphatic carbocycles. The summed E-state index contributed by atoms with van der Waals surface area (Å²) in [4.78, 5) is 10.5. The van der Waals surface area contributed by atoms with Crippen molar-refractivity contribution in [3.05, 3.63) is 0 Å². The van der Waals surface area contributed by atoms with Crippen molar-refractivity contribution in [1.82, 2.24) is 0 Å². The van der Waals surface area contributed by atoms with Gasteiger partial charge in [-0.25, -0.2) is 0 Å². The predicted molar refractivity (Wildman–Crippen MR) is 30.2 cm³/mol. The van der Waals surface area contributed by atoms with Crippen LogP contribution in [-0.2, 0) is 29.5 Å². The Labute approximate surface area is 68.4 Å². The van der Waals surface area contributed by atoms with Crippen LogP contribution < -0.4 is 0 Å². The molecule has 0 N–H and O–H groups in total. The molecule has 0 aromatic heterocycles. The standard InChI is InChI=1S/C6H12O2.Au/c1-2-3-4-5-6(7)8;/h2-5H2,1H3,(H,7,8);/q;+1/p-1. The molecule has 0 rings (SSSR count). The van der Waals surface area contributed by atoms with Crippen LogP contribution in [0, 0.1) is 0 Å². The molecule has 58 valence electrons. The topological polar surface area (TPSA) is 26.3 Å². The Morgan fingerprint density at radius 3 is 2.67 bits per heavy atom. The Morgan fingerprint density at radius 2 is 2.22 bits per heavy atom. The second-order valence-corrected chi connectivity index (χ2v) is 2.33. The molecule has 0 radical (unpaired) electrons. The summed E-state index contributed by atoms with van der Waals surface area (Å²) < 4.78 is 4.40. The molecule has 0 aromatic carbocycles. The molecule has 0 amide bonds. The van der Waals surface area contributed by atoms with E-state index in [1.807, 2.05) is 0 Å². The van der Waals surface area contributed by atoms with Gasteiger partial charge in [-0.3, -0.25) is 0 Å². The fourth-order valence-electron chi connectivity index (χ4n) is 0.550. The molecule has 3 heteroatoms. The van der Waals surface area contributed by atoms with Crippen LogP contribution in [0.3, 0.4) is 0 Å². The summed E-state index contributed by atoms with van der Waals surface area (Å²) in [5, 5.41) is 0. The van der Waals surface area contributed by atoms with Crippen molar-refractivity contribution in [2.24, 2.45) is 0 Å². The van der Waals surface area contributed by atoms with Gasteiger partial charge < -0.3 is 0 Å². The Morgan fingerprint density at radius 1 is 1.56 bits per heavy atom. The van der Waals surface area contributed by atoms with Crippen molar-refractivity contribution in [3.63, 3.8) is 0 Å². The molecule has 0 bridgehead atoms. The number of hydrogen-bond acceptors (Lipinski definition) is 2. The van der Waals surface area contributed by atoms with Gasteiger partial charge >= 0.3 is 68.1 Å². The molecular weight excluding hydrogens is 301 g/mol. The van der Waals surface area contributed by atoms with E-state index in [-0.39, 0.29) is 5.97 Å². The molecule has 9 heavy (non-hydrogen) atoms. The second-order valence-electron chi connectivity index (χ2n) is 1.89. The van der Waals surface area contributed by atoms with Crippen LogP contribution in [0.25, 0.3) is 0 Å². The minimum absolute atomic E-state index is 0.119. The third-order valence-corrected chi connectivity index (χ3v) is 1.55. The van der Waals surface area contributed by atoms with Gasteiger partial charge in [0.1, 0.15) is 0 Å². The third-order valence-electron chi connectivity index (χ3n) is 1.05. The van der Waals surface area contributed by atoms with Gasteiger partial charge in [-0.2, -0.15) is 0 Å². The monoisotopic (exact) mass is 312 g/mol. The summed E-state index contributed by atoms with van der Waals surface area (Å²) in [5.41, 5.74) is 0. The normalized spacial score (nSPS) is 9.22. The zero-order valence-corrected chi connectivity index (χ0v) is 7.61. The van der Waals surface area contributed by atoms with Gasteiger partial charge in [0.05, 0.1) is 0 Å². The minimum atomic E-state index is -0.119. The molecule has 2 nitrogen and oxygen atoms in total. The summed E-state index contributed by atoms with van der Waals surface area (Å²) in [7, 11) is 0. The molecule has 0 saturated carbocycles. The first-order valence-electron chi connectivity index (χ1n) is 3.09. The first kappa shape index (κ1) is 9.21. The number of hydrogen-bond donors (Lipinski definition) is 0. The number of rotatable bonds is 4. The third kappa shape index (κ3) is 6.09. The molecule has 0 aliphatic rings. The second kappa shape index (κ2) is 6.33. The van der Waals surface area contributed by atoms with Gasteiger partial charge in [0.25, 0.3) is 0 Å². The fraction of sp³-hybridized carbons (Fsp3) is 0.833. The molecule has 0 saturated heterocycles. The zero-order valence-electron chi connectivity index (χ0n) is 5.45. The fourth-order valence-corrected chi connectivity index (χ4v) is 0.771. The van der Waals surface area contributed by atoms with Crippen molar-refractivity contribution in [3.8, 4) is 0 Å². The van der Waals surface area contributed by atoms with Crippen molar-refractivity contribution in [1.29, 1.82) is 0 Å². The Balaban J connectivity index is 2.97. The molecule has 0 unspecified atom stereocenters. The van der Waals surface area contributed by atoms with Gasteiger partial charge in [-0.1, -0.05) is 0 Å². The van der Waals surface area contributed by atoms with Crippen LogP contribution in [0.2, 0.25) is 0 Å². The number of carbonyl (C=O) groups is 1. The average Bonchev–Trinajstić information content (AvgIpc) is 1.89. The summed E-state index contributed by atoms with van der Waals surface area (Å²) in [6.07, 6.45) is 3.77. The quantitative estimate of drug-likeness (QED) is 0.582. The van der Waals surface area contributed by atoms with E-state index in [2.05, 4.69) is 10.2 Å². The van der Waals surface area contributed by atoms with E-state index in [9.17, 15) is 4.79 Å². The van der Waals surface area contributed by atoms with Crippen molar-refractivity contribution < 1.29 is 29.5 Å². The van der Waals surface area contributed by atoms with E-state index >= 15 is 0 Å². The van der Waals surface area contributed by atoms with E-state index < -0.39 is 0 Å². The van der Waals surface area contributed by atoms with Crippen LogP contribution >= 0.6 is 0 Å². The van der Waals surface area contributed by atoms with Crippen molar-refractivity contribution in [2.45, 2.75) is 32.6 Å². The van der Waals surface area contributed by atoms with Crippen LogP contribution in [0.1, 0.15) is 32.6 Å². The van der Waals surface area contributed by atoms with Crippen LogP contribution in [0.15, 0.2) is 0 Å².